The van der Waals surface area contributed by atoms with Crippen molar-refractivity contribution in [3.63, 3.8) is 0 Å². The van der Waals surface area contributed by atoms with E-state index in [0.29, 0.717) is 25.1 Å². The minimum absolute atomic E-state index is 0.0445. The van der Waals surface area contributed by atoms with Gasteiger partial charge in [-0.15, -0.1) is 0 Å². The second-order valence-electron chi connectivity index (χ2n) is 8.00. The van der Waals surface area contributed by atoms with E-state index in [1.807, 2.05) is 26.0 Å². The minimum atomic E-state index is -0.560. The molecule has 4 aromatic rings. The second-order valence-corrected chi connectivity index (χ2v) is 8.00. The lowest BCUT2D eigenvalue weighted by Gasteiger charge is -2.13. The van der Waals surface area contributed by atoms with Gasteiger partial charge in [-0.25, -0.2) is 9.20 Å². The lowest BCUT2D eigenvalue weighted by Crippen LogP contribution is -2.41. The Bertz CT molecular complexity index is 1520. The van der Waals surface area contributed by atoms with Crippen LogP contribution in [0.4, 0.5) is 0 Å². The molecule has 0 amide bonds. The Morgan fingerprint density at radius 2 is 1.58 bits per heavy atom. The van der Waals surface area contributed by atoms with E-state index in [1.54, 1.807) is 19.2 Å². The SMILES string of the molecule is CCCn1c(=O)c2c(nc3n(Cc4ccc(OC)cc4)c(O)c(C)c(=O)n23)n(CCC)c1=O. The molecular formula is C23H27N5O5. The first-order valence-corrected chi connectivity index (χ1v) is 10.9. The number of fused-ring (bicyclic) bond motifs is 3. The zero-order valence-electron chi connectivity index (χ0n) is 19.2. The molecule has 0 spiro atoms. The van der Waals surface area contributed by atoms with E-state index in [9.17, 15) is 19.5 Å². The minimum Gasteiger partial charge on any atom is -0.497 e. The van der Waals surface area contributed by atoms with Crippen LogP contribution in [0.15, 0.2) is 38.6 Å². The van der Waals surface area contributed by atoms with Crippen molar-refractivity contribution in [1.29, 1.82) is 0 Å². The number of aryl methyl sites for hydroxylation is 1. The van der Waals surface area contributed by atoms with Crippen molar-refractivity contribution in [2.75, 3.05) is 7.11 Å². The van der Waals surface area contributed by atoms with Gasteiger partial charge in [0.15, 0.2) is 11.2 Å². The fraction of sp³-hybridized carbons (Fsp3) is 0.391. The number of imidazole rings is 1. The van der Waals surface area contributed by atoms with Gasteiger partial charge in [-0.3, -0.25) is 23.3 Å². The van der Waals surface area contributed by atoms with Gasteiger partial charge in [0.05, 0.1) is 19.2 Å². The number of rotatable bonds is 7. The highest BCUT2D eigenvalue weighted by molar-refractivity contribution is 5.75. The molecule has 0 saturated carbocycles. The summed E-state index contributed by atoms with van der Waals surface area (Å²) in [6.45, 7) is 6.08. The molecule has 3 aromatic heterocycles. The van der Waals surface area contributed by atoms with Gasteiger partial charge < -0.3 is 9.84 Å². The fourth-order valence-corrected chi connectivity index (χ4v) is 4.07. The Balaban J connectivity index is 2.11. The normalized spacial score (nSPS) is 11.5. The lowest BCUT2D eigenvalue weighted by atomic mass is 10.2. The number of benzene rings is 1. The van der Waals surface area contributed by atoms with E-state index in [1.165, 1.54) is 20.5 Å². The second kappa shape index (κ2) is 8.61. The third-order valence-electron chi connectivity index (χ3n) is 5.76. The molecule has 4 rings (SSSR count). The maximum absolute atomic E-state index is 13.3. The largest absolute Gasteiger partial charge is 0.497 e. The zero-order valence-corrected chi connectivity index (χ0v) is 19.2. The topological polar surface area (TPSA) is 113 Å². The van der Waals surface area contributed by atoms with Gasteiger partial charge in [-0.2, -0.15) is 4.98 Å². The zero-order chi connectivity index (χ0) is 23.9. The van der Waals surface area contributed by atoms with Gasteiger partial charge in [-0.1, -0.05) is 26.0 Å². The molecule has 1 N–H and O–H groups in total. The summed E-state index contributed by atoms with van der Waals surface area (Å²) in [5.74, 6) is 0.553. The molecule has 0 aliphatic carbocycles. The number of hydrogen-bond donors (Lipinski definition) is 1. The third kappa shape index (κ3) is 3.51. The lowest BCUT2D eigenvalue weighted by molar-refractivity contribution is 0.412. The monoisotopic (exact) mass is 453 g/mol. The molecule has 0 fully saturated rings. The van der Waals surface area contributed by atoms with Crippen molar-refractivity contribution < 1.29 is 9.84 Å². The molecule has 0 atom stereocenters. The molecule has 0 aliphatic heterocycles. The van der Waals surface area contributed by atoms with Crippen LogP contribution in [0.25, 0.3) is 16.9 Å². The Hall–Kier alpha value is -3.82. The van der Waals surface area contributed by atoms with Crippen molar-refractivity contribution in [2.24, 2.45) is 0 Å². The van der Waals surface area contributed by atoms with E-state index in [-0.39, 0.29) is 41.5 Å². The van der Waals surface area contributed by atoms with Crippen LogP contribution >= 0.6 is 0 Å². The predicted molar refractivity (Wildman–Crippen MR) is 125 cm³/mol. The van der Waals surface area contributed by atoms with Gasteiger partial charge >= 0.3 is 5.69 Å². The van der Waals surface area contributed by atoms with E-state index in [2.05, 4.69) is 4.98 Å². The van der Waals surface area contributed by atoms with Crippen LogP contribution in [0.1, 0.15) is 37.8 Å². The summed E-state index contributed by atoms with van der Waals surface area (Å²) < 4.78 is 10.5. The molecule has 10 heteroatoms. The summed E-state index contributed by atoms with van der Waals surface area (Å²) >= 11 is 0. The highest BCUT2D eigenvalue weighted by Gasteiger charge is 2.24. The first-order chi connectivity index (χ1) is 15.8. The Kier molecular flexibility index (Phi) is 5.84. The van der Waals surface area contributed by atoms with E-state index >= 15 is 0 Å². The summed E-state index contributed by atoms with van der Waals surface area (Å²) in [4.78, 5) is 44.1. The molecule has 1 aromatic carbocycles. The van der Waals surface area contributed by atoms with Crippen molar-refractivity contribution >= 4 is 16.9 Å². The summed E-state index contributed by atoms with van der Waals surface area (Å²) in [5, 5.41) is 10.8. The first kappa shape index (κ1) is 22.4. The number of nitrogens with zero attached hydrogens (tertiary/aromatic N) is 5. The van der Waals surface area contributed by atoms with Gasteiger partial charge in [0.1, 0.15) is 5.75 Å². The molecule has 3 heterocycles. The van der Waals surface area contributed by atoms with Crippen LogP contribution in [-0.4, -0.2) is 35.3 Å². The van der Waals surface area contributed by atoms with E-state index < -0.39 is 16.8 Å². The Labute approximate surface area is 188 Å². The molecule has 33 heavy (non-hydrogen) atoms. The summed E-state index contributed by atoms with van der Waals surface area (Å²) in [7, 11) is 1.58. The molecule has 0 saturated heterocycles. The van der Waals surface area contributed by atoms with Crippen molar-refractivity contribution in [2.45, 2.75) is 53.2 Å². The van der Waals surface area contributed by atoms with E-state index in [0.717, 1.165) is 10.1 Å². The van der Waals surface area contributed by atoms with Crippen molar-refractivity contribution in [3.05, 3.63) is 66.6 Å². The smallest absolute Gasteiger partial charge is 0.332 e. The summed E-state index contributed by atoms with van der Waals surface area (Å²) in [5.41, 5.74) is -0.447. The average Bonchev–Trinajstić information content (AvgIpc) is 3.22. The molecule has 0 aliphatic rings. The maximum Gasteiger partial charge on any atom is 0.332 e. The van der Waals surface area contributed by atoms with Crippen LogP contribution in [0.5, 0.6) is 11.6 Å². The molecule has 174 valence electrons. The van der Waals surface area contributed by atoms with Crippen molar-refractivity contribution in [1.82, 2.24) is 23.1 Å². The molecule has 0 bridgehead atoms. The number of methoxy groups -OCH3 is 1. The highest BCUT2D eigenvalue weighted by Crippen LogP contribution is 2.22. The van der Waals surface area contributed by atoms with E-state index in [4.69, 9.17) is 4.74 Å². The first-order valence-electron chi connectivity index (χ1n) is 10.9. The number of hydrogen-bond acceptors (Lipinski definition) is 6. The standard InChI is InChI=1S/C23H27N5O5/c1-5-11-25-18-17(21(31)26(12-6-2)23(25)32)28-20(30)14(3)19(29)27(22(28)24-18)13-15-7-9-16(33-4)10-8-15/h7-10,29H,5-6,11-13H2,1-4H3. The van der Waals surface area contributed by atoms with Crippen LogP contribution in [-0.2, 0) is 19.6 Å². The highest BCUT2D eigenvalue weighted by atomic mass is 16.5. The third-order valence-corrected chi connectivity index (χ3v) is 5.76. The number of aromatic hydroxyl groups is 1. The predicted octanol–water partition coefficient (Wildman–Crippen LogP) is 1.86. The summed E-state index contributed by atoms with van der Waals surface area (Å²) in [6, 6.07) is 7.27. The number of ether oxygens (including phenoxy) is 1. The fourth-order valence-electron chi connectivity index (χ4n) is 4.07. The van der Waals surface area contributed by atoms with Crippen LogP contribution < -0.4 is 21.5 Å². The Morgan fingerprint density at radius 3 is 2.18 bits per heavy atom. The van der Waals surface area contributed by atoms with Crippen LogP contribution in [0, 0.1) is 6.92 Å². The Morgan fingerprint density at radius 1 is 0.939 bits per heavy atom. The molecule has 0 unspecified atom stereocenters. The molecular weight excluding hydrogens is 426 g/mol. The molecule has 10 nitrogen and oxygen atoms in total. The quantitative estimate of drug-likeness (QED) is 0.457. The van der Waals surface area contributed by atoms with Gasteiger partial charge in [0.25, 0.3) is 11.1 Å². The molecule has 0 radical (unpaired) electrons. The van der Waals surface area contributed by atoms with Gasteiger partial charge in [0, 0.05) is 13.1 Å². The maximum atomic E-state index is 13.3. The van der Waals surface area contributed by atoms with Crippen LogP contribution in [0.3, 0.4) is 0 Å². The number of aromatic nitrogens is 5. The van der Waals surface area contributed by atoms with Gasteiger partial charge in [-0.05, 0) is 37.5 Å². The van der Waals surface area contributed by atoms with Gasteiger partial charge in [0.2, 0.25) is 11.7 Å². The summed E-state index contributed by atoms with van der Waals surface area (Å²) in [6.07, 6.45) is 1.23. The van der Waals surface area contributed by atoms with Crippen molar-refractivity contribution in [3.8, 4) is 11.6 Å². The average molecular weight is 453 g/mol. The van der Waals surface area contributed by atoms with Crippen LogP contribution in [0.2, 0.25) is 0 Å².